The Balaban J connectivity index is 1.23. The first-order valence-electron chi connectivity index (χ1n) is 14.5. The second kappa shape index (κ2) is 11.7. The van der Waals surface area contributed by atoms with Crippen molar-refractivity contribution in [2.45, 2.75) is 44.7 Å². The van der Waals surface area contributed by atoms with Crippen LogP contribution in [0, 0.1) is 24.2 Å². The highest BCUT2D eigenvalue weighted by molar-refractivity contribution is 7.89. The number of hydrogen-bond acceptors (Lipinski definition) is 4. The van der Waals surface area contributed by atoms with E-state index in [1.165, 1.54) is 22.0 Å². The van der Waals surface area contributed by atoms with E-state index in [0.717, 1.165) is 30.5 Å². The van der Waals surface area contributed by atoms with Gasteiger partial charge in [0.25, 0.3) is 0 Å². The zero-order valence-corrected chi connectivity index (χ0v) is 25.1. The zero-order valence-electron chi connectivity index (χ0n) is 24.3. The number of piperazine rings is 1. The Morgan fingerprint density at radius 3 is 2.24 bits per heavy atom. The lowest BCUT2D eigenvalue weighted by Gasteiger charge is -2.57. The van der Waals surface area contributed by atoms with Gasteiger partial charge in [-0.2, -0.15) is 17.5 Å². The molecule has 1 saturated heterocycles. The van der Waals surface area contributed by atoms with E-state index in [4.69, 9.17) is 0 Å². The van der Waals surface area contributed by atoms with Crippen LogP contribution in [0.2, 0.25) is 0 Å². The number of aryl methyl sites for hydroxylation is 1. The van der Waals surface area contributed by atoms with Crippen LogP contribution in [0.25, 0.3) is 0 Å². The fourth-order valence-corrected chi connectivity index (χ4v) is 7.81. The molecule has 7 nitrogen and oxygen atoms in total. The number of amides is 2. The standard InChI is InChI=1S/C31H39F3N4O3S/c1-22-4-12-27(13-5-22)42(40,41)38-18-15-36(16-19-38)14-17-37(21-23-6-7-25-20-28(23)30(25,2)3)29(39)35-26-10-8-24(9-11-26)31(32,33)34/h4-6,8-13,25,28H,7,14-21H2,1-3H3,(H,35,39). The van der Waals surface area contributed by atoms with Gasteiger partial charge in [0.15, 0.2) is 0 Å². The Hall–Kier alpha value is -2.89. The van der Waals surface area contributed by atoms with E-state index in [0.29, 0.717) is 63.3 Å². The monoisotopic (exact) mass is 604 g/mol. The van der Waals surface area contributed by atoms with Crippen LogP contribution in [0.1, 0.15) is 37.8 Å². The molecule has 0 aromatic heterocycles. The molecule has 0 spiro atoms. The van der Waals surface area contributed by atoms with E-state index in [1.807, 2.05) is 6.92 Å². The Kier molecular flexibility index (Phi) is 8.48. The van der Waals surface area contributed by atoms with E-state index in [9.17, 15) is 26.4 Å². The molecule has 42 heavy (non-hydrogen) atoms. The number of hydrogen-bond donors (Lipinski definition) is 1. The van der Waals surface area contributed by atoms with Crippen LogP contribution in [0.3, 0.4) is 0 Å². The summed E-state index contributed by atoms with van der Waals surface area (Å²) in [6, 6.07) is 11.0. The minimum absolute atomic E-state index is 0.193. The normalized spacial score (nSPS) is 22.7. The second-order valence-corrected chi connectivity index (χ2v) is 14.2. The van der Waals surface area contributed by atoms with Crippen LogP contribution in [0.4, 0.5) is 23.7 Å². The van der Waals surface area contributed by atoms with Gasteiger partial charge in [0.1, 0.15) is 0 Å². The molecular weight excluding hydrogens is 565 g/mol. The lowest BCUT2D eigenvalue weighted by atomic mass is 9.49. The van der Waals surface area contributed by atoms with Gasteiger partial charge in [-0.25, -0.2) is 13.2 Å². The van der Waals surface area contributed by atoms with Crippen LogP contribution >= 0.6 is 0 Å². The van der Waals surface area contributed by atoms with Crippen molar-refractivity contribution in [1.82, 2.24) is 14.1 Å². The Labute approximate surface area is 246 Å². The molecule has 1 N–H and O–H groups in total. The fraction of sp³-hybridized carbons (Fsp3) is 0.516. The summed E-state index contributed by atoms with van der Waals surface area (Å²) in [6.45, 7) is 9.68. The molecule has 4 aliphatic rings. The van der Waals surface area contributed by atoms with Crippen LogP contribution in [-0.2, 0) is 16.2 Å². The van der Waals surface area contributed by atoms with Crippen molar-refractivity contribution in [3.05, 3.63) is 71.3 Å². The van der Waals surface area contributed by atoms with Gasteiger partial charge in [-0.3, -0.25) is 4.90 Å². The van der Waals surface area contributed by atoms with Crippen molar-refractivity contribution < 1.29 is 26.4 Å². The van der Waals surface area contributed by atoms with E-state index in [-0.39, 0.29) is 16.3 Å². The molecule has 2 aromatic rings. The molecule has 2 bridgehead atoms. The lowest BCUT2D eigenvalue weighted by Crippen LogP contribution is -2.52. The van der Waals surface area contributed by atoms with Crippen molar-refractivity contribution in [1.29, 1.82) is 0 Å². The maximum atomic E-state index is 13.4. The number of carbonyl (C=O) groups excluding carboxylic acids is 1. The number of carbonyl (C=O) groups is 1. The molecule has 1 heterocycles. The summed E-state index contributed by atoms with van der Waals surface area (Å²) in [4.78, 5) is 17.6. The van der Waals surface area contributed by atoms with Gasteiger partial charge in [0.05, 0.1) is 10.5 Å². The fourth-order valence-electron chi connectivity index (χ4n) is 6.39. The zero-order chi connectivity index (χ0) is 30.3. The Morgan fingerprint density at radius 2 is 1.67 bits per heavy atom. The third kappa shape index (κ3) is 6.38. The number of allylic oxidation sites excluding steroid dienone is 1. The van der Waals surface area contributed by atoms with Crippen LogP contribution in [-0.4, -0.2) is 74.4 Å². The third-order valence-electron chi connectivity index (χ3n) is 9.38. The lowest BCUT2D eigenvalue weighted by molar-refractivity contribution is -0.137. The number of halogens is 3. The van der Waals surface area contributed by atoms with Gasteiger partial charge in [0, 0.05) is 51.5 Å². The minimum atomic E-state index is -4.45. The number of benzene rings is 2. The molecule has 3 aliphatic carbocycles. The highest BCUT2D eigenvalue weighted by Crippen LogP contribution is 2.59. The molecule has 1 saturated carbocycles. The highest BCUT2D eigenvalue weighted by atomic mass is 32.2. The molecular formula is C31H39F3N4O3S. The highest BCUT2D eigenvalue weighted by Gasteiger charge is 2.51. The van der Waals surface area contributed by atoms with Gasteiger partial charge in [-0.15, -0.1) is 0 Å². The van der Waals surface area contributed by atoms with Gasteiger partial charge in [0.2, 0.25) is 10.0 Å². The molecule has 1 aliphatic heterocycles. The molecule has 2 unspecified atom stereocenters. The number of nitrogens with zero attached hydrogens (tertiary/aromatic N) is 3. The average molecular weight is 605 g/mol. The SMILES string of the molecule is Cc1ccc(S(=O)(=O)N2CCN(CCN(CC3=CCC4CC3C4(C)C)C(=O)Nc3ccc(C(F)(F)F)cc3)CC2)cc1. The van der Waals surface area contributed by atoms with Gasteiger partial charge >= 0.3 is 12.2 Å². The molecule has 2 aromatic carbocycles. The summed E-state index contributed by atoms with van der Waals surface area (Å²) in [5, 5.41) is 2.78. The Morgan fingerprint density at radius 1 is 1.02 bits per heavy atom. The van der Waals surface area contributed by atoms with Gasteiger partial charge < -0.3 is 10.2 Å². The van der Waals surface area contributed by atoms with E-state index < -0.39 is 21.8 Å². The first kappa shape index (κ1) is 30.6. The second-order valence-electron chi connectivity index (χ2n) is 12.3. The maximum Gasteiger partial charge on any atom is 0.416 e. The number of alkyl halides is 3. The number of sulfonamides is 1. The third-order valence-corrected chi connectivity index (χ3v) is 11.3. The van der Waals surface area contributed by atoms with E-state index in [2.05, 4.69) is 30.1 Å². The smallest absolute Gasteiger partial charge is 0.319 e. The largest absolute Gasteiger partial charge is 0.416 e. The van der Waals surface area contributed by atoms with E-state index >= 15 is 0 Å². The summed E-state index contributed by atoms with van der Waals surface area (Å²) in [6.07, 6.45) is -0.0919. The Bertz CT molecular complexity index is 1410. The number of fused-ring (bicyclic) bond motifs is 1. The average Bonchev–Trinajstić information content (AvgIpc) is 2.95. The summed E-state index contributed by atoms with van der Waals surface area (Å²) in [7, 11) is -3.57. The van der Waals surface area contributed by atoms with Gasteiger partial charge in [-0.05, 0) is 73.4 Å². The predicted molar refractivity (Wildman–Crippen MR) is 156 cm³/mol. The van der Waals surface area contributed by atoms with Crippen LogP contribution in [0.5, 0.6) is 0 Å². The number of urea groups is 1. The van der Waals surface area contributed by atoms with Crippen molar-refractivity contribution in [3.63, 3.8) is 0 Å². The molecule has 11 heteroatoms. The van der Waals surface area contributed by atoms with Crippen molar-refractivity contribution in [3.8, 4) is 0 Å². The topological polar surface area (TPSA) is 73.0 Å². The van der Waals surface area contributed by atoms with Crippen molar-refractivity contribution in [2.75, 3.05) is 51.1 Å². The number of rotatable bonds is 8. The van der Waals surface area contributed by atoms with Gasteiger partial charge in [-0.1, -0.05) is 43.2 Å². The molecule has 0 radical (unpaired) electrons. The summed E-state index contributed by atoms with van der Waals surface area (Å²) >= 11 is 0. The molecule has 2 atom stereocenters. The first-order chi connectivity index (χ1) is 19.7. The summed E-state index contributed by atoms with van der Waals surface area (Å²) < 4.78 is 66.7. The molecule has 228 valence electrons. The van der Waals surface area contributed by atoms with Crippen LogP contribution < -0.4 is 5.32 Å². The first-order valence-corrected chi connectivity index (χ1v) is 15.9. The number of anilines is 1. The molecule has 2 amide bonds. The summed E-state index contributed by atoms with van der Waals surface area (Å²) in [5.74, 6) is 1.07. The van der Waals surface area contributed by atoms with E-state index in [1.54, 1.807) is 29.2 Å². The predicted octanol–water partition coefficient (Wildman–Crippen LogP) is 5.85. The maximum absolute atomic E-state index is 13.4. The van der Waals surface area contributed by atoms with Crippen LogP contribution in [0.15, 0.2) is 65.1 Å². The quantitative estimate of drug-likeness (QED) is 0.384. The minimum Gasteiger partial charge on any atom is -0.319 e. The molecule has 2 fully saturated rings. The number of nitrogens with one attached hydrogen (secondary N) is 1. The summed E-state index contributed by atoms with van der Waals surface area (Å²) in [5.41, 5.74) is 1.96. The van der Waals surface area contributed by atoms with Crippen molar-refractivity contribution in [2.24, 2.45) is 17.3 Å². The molecule has 6 rings (SSSR count). The van der Waals surface area contributed by atoms with Crippen molar-refractivity contribution >= 4 is 21.7 Å².